The van der Waals surface area contributed by atoms with Gasteiger partial charge in [-0.15, -0.1) is 12.4 Å². The molecule has 0 amide bonds. The van der Waals surface area contributed by atoms with Gasteiger partial charge in [-0.1, -0.05) is 13.8 Å². The van der Waals surface area contributed by atoms with Gasteiger partial charge in [0.05, 0.1) is 6.26 Å². The summed E-state index contributed by atoms with van der Waals surface area (Å²) in [5.74, 6) is 0. The highest BCUT2D eigenvalue weighted by Crippen LogP contribution is 2.20. The number of sulfonamides is 1. The Morgan fingerprint density at radius 2 is 2.06 bits per heavy atom. The fourth-order valence-electron chi connectivity index (χ4n) is 1.32. The maximum Gasteiger partial charge on any atom is 0.276 e. The Balaban J connectivity index is 0.00000256. The molecule has 7 heteroatoms. The van der Waals surface area contributed by atoms with E-state index in [1.165, 1.54) is 23.7 Å². The van der Waals surface area contributed by atoms with Crippen molar-refractivity contribution in [1.29, 1.82) is 0 Å². The summed E-state index contributed by atoms with van der Waals surface area (Å²) in [6, 6.07) is 2.98. The molecule has 1 aromatic heterocycles. The molecule has 1 heterocycles. The molecule has 0 spiro atoms. The Kier molecular flexibility index (Phi) is 5.67. The summed E-state index contributed by atoms with van der Waals surface area (Å²) < 4.78 is 30.1. The number of nitrogens with zero attached hydrogens (tertiary/aromatic N) is 1. The number of hydrogen-bond donors (Lipinski definition) is 1. The number of rotatable bonds is 5. The summed E-state index contributed by atoms with van der Waals surface area (Å²) in [7, 11) is -2.00. The van der Waals surface area contributed by atoms with Gasteiger partial charge in [0.25, 0.3) is 10.0 Å². The van der Waals surface area contributed by atoms with Crippen molar-refractivity contribution in [2.75, 3.05) is 20.1 Å². The van der Waals surface area contributed by atoms with E-state index in [0.717, 1.165) is 0 Å². The van der Waals surface area contributed by atoms with Gasteiger partial charge in [-0.2, -0.15) is 4.31 Å². The first-order valence-corrected chi connectivity index (χ1v) is 6.43. The Morgan fingerprint density at radius 1 is 1.47 bits per heavy atom. The molecule has 0 aromatic carbocycles. The van der Waals surface area contributed by atoms with Crippen LogP contribution in [0.1, 0.15) is 13.8 Å². The molecular weight excluding hydrogens is 264 g/mol. The predicted molar refractivity (Wildman–Crippen MR) is 68.6 cm³/mol. The van der Waals surface area contributed by atoms with Crippen LogP contribution < -0.4 is 5.73 Å². The molecule has 0 radical (unpaired) electrons. The zero-order valence-electron chi connectivity index (χ0n) is 10.2. The van der Waals surface area contributed by atoms with E-state index in [1.807, 2.05) is 13.8 Å². The molecular formula is C10H19ClN2O3S. The van der Waals surface area contributed by atoms with Crippen LogP contribution in [0.3, 0.4) is 0 Å². The topological polar surface area (TPSA) is 76.5 Å². The standard InChI is InChI=1S/C10H18N2O3S.ClH/c1-10(2,7-11)8-12(3)16(13,14)9-5-4-6-15-9;/h4-6H,7-8,11H2,1-3H3;1H. The average Bonchev–Trinajstić information content (AvgIpc) is 2.70. The fourth-order valence-corrected chi connectivity index (χ4v) is 2.57. The Morgan fingerprint density at radius 3 is 2.47 bits per heavy atom. The average molecular weight is 283 g/mol. The third kappa shape index (κ3) is 3.99. The van der Waals surface area contributed by atoms with Gasteiger partial charge in [-0.3, -0.25) is 0 Å². The molecule has 17 heavy (non-hydrogen) atoms. The van der Waals surface area contributed by atoms with Crippen LogP contribution in [0.2, 0.25) is 0 Å². The minimum atomic E-state index is -3.53. The van der Waals surface area contributed by atoms with Gasteiger partial charge in [-0.25, -0.2) is 8.42 Å². The van der Waals surface area contributed by atoms with Gasteiger partial charge < -0.3 is 10.2 Å². The molecule has 2 N–H and O–H groups in total. The van der Waals surface area contributed by atoms with E-state index in [1.54, 1.807) is 6.07 Å². The largest absolute Gasteiger partial charge is 0.452 e. The van der Waals surface area contributed by atoms with Crippen LogP contribution in [0.5, 0.6) is 0 Å². The van der Waals surface area contributed by atoms with Crippen molar-refractivity contribution in [3.63, 3.8) is 0 Å². The zero-order chi connectivity index (χ0) is 12.4. The SMILES string of the molecule is CN(CC(C)(C)CN)S(=O)(=O)c1ccco1.Cl. The van der Waals surface area contributed by atoms with E-state index in [9.17, 15) is 8.42 Å². The third-order valence-electron chi connectivity index (χ3n) is 2.36. The first kappa shape index (κ1) is 16.4. The van der Waals surface area contributed by atoms with Crippen LogP contribution in [0.15, 0.2) is 27.9 Å². The minimum absolute atomic E-state index is 0. The van der Waals surface area contributed by atoms with E-state index in [0.29, 0.717) is 13.1 Å². The monoisotopic (exact) mass is 282 g/mol. The van der Waals surface area contributed by atoms with Crippen LogP contribution >= 0.6 is 12.4 Å². The molecule has 1 aromatic rings. The van der Waals surface area contributed by atoms with Crippen molar-refractivity contribution in [3.8, 4) is 0 Å². The van der Waals surface area contributed by atoms with Gasteiger partial charge in [0.2, 0.25) is 5.09 Å². The van der Waals surface area contributed by atoms with Crippen LogP contribution in [0, 0.1) is 5.41 Å². The number of nitrogens with two attached hydrogens (primary N) is 1. The molecule has 0 unspecified atom stereocenters. The zero-order valence-corrected chi connectivity index (χ0v) is 11.8. The van der Waals surface area contributed by atoms with Gasteiger partial charge in [0.15, 0.2) is 0 Å². The quantitative estimate of drug-likeness (QED) is 0.883. The molecule has 0 atom stereocenters. The fraction of sp³-hybridized carbons (Fsp3) is 0.600. The second-order valence-corrected chi connectivity index (χ2v) is 6.54. The van der Waals surface area contributed by atoms with E-state index in [2.05, 4.69) is 0 Å². The van der Waals surface area contributed by atoms with E-state index in [-0.39, 0.29) is 22.9 Å². The molecule has 0 saturated heterocycles. The number of hydrogen-bond acceptors (Lipinski definition) is 4. The summed E-state index contributed by atoms with van der Waals surface area (Å²) in [5.41, 5.74) is 5.32. The summed E-state index contributed by atoms with van der Waals surface area (Å²) in [4.78, 5) is 0. The summed E-state index contributed by atoms with van der Waals surface area (Å²) in [6.45, 7) is 4.61. The van der Waals surface area contributed by atoms with Gasteiger partial charge in [0.1, 0.15) is 0 Å². The van der Waals surface area contributed by atoms with Crippen LogP contribution in [0.4, 0.5) is 0 Å². The minimum Gasteiger partial charge on any atom is -0.452 e. The molecule has 0 fully saturated rings. The maximum atomic E-state index is 12.0. The molecule has 100 valence electrons. The maximum absolute atomic E-state index is 12.0. The number of halogens is 1. The normalized spacial score (nSPS) is 12.5. The molecule has 0 aliphatic rings. The van der Waals surface area contributed by atoms with Crippen molar-refractivity contribution < 1.29 is 12.8 Å². The lowest BCUT2D eigenvalue weighted by Crippen LogP contribution is -2.39. The van der Waals surface area contributed by atoms with Crippen molar-refractivity contribution in [2.45, 2.75) is 18.9 Å². The Bertz CT molecular complexity index is 428. The van der Waals surface area contributed by atoms with E-state index in [4.69, 9.17) is 10.2 Å². The molecule has 0 aliphatic heterocycles. The van der Waals surface area contributed by atoms with Crippen molar-refractivity contribution >= 4 is 22.4 Å². The van der Waals surface area contributed by atoms with Crippen LogP contribution in [0.25, 0.3) is 0 Å². The summed E-state index contributed by atoms with van der Waals surface area (Å²) in [5, 5.41) is -0.0391. The van der Waals surface area contributed by atoms with Crippen molar-refractivity contribution in [2.24, 2.45) is 11.1 Å². The van der Waals surface area contributed by atoms with Gasteiger partial charge in [-0.05, 0) is 24.1 Å². The number of furan rings is 1. The molecule has 0 aliphatic carbocycles. The van der Waals surface area contributed by atoms with Crippen LogP contribution in [-0.4, -0.2) is 32.9 Å². The van der Waals surface area contributed by atoms with E-state index >= 15 is 0 Å². The summed E-state index contributed by atoms with van der Waals surface area (Å²) in [6.07, 6.45) is 1.34. The second-order valence-electron chi connectivity index (χ2n) is 4.56. The highest BCUT2D eigenvalue weighted by Gasteiger charge is 2.28. The van der Waals surface area contributed by atoms with Crippen molar-refractivity contribution in [1.82, 2.24) is 4.31 Å². The first-order chi connectivity index (χ1) is 7.29. The molecule has 5 nitrogen and oxygen atoms in total. The van der Waals surface area contributed by atoms with Crippen molar-refractivity contribution in [3.05, 3.63) is 18.4 Å². The Hall–Kier alpha value is -0.560. The van der Waals surface area contributed by atoms with Gasteiger partial charge >= 0.3 is 0 Å². The summed E-state index contributed by atoms with van der Waals surface area (Å²) >= 11 is 0. The highest BCUT2D eigenvalue weighted by molar-refractivity contribution is 7.89. The molecule has 1 rings (SSSR count). The van der Waals surface area contributed by atoms with Crippen LogP contribution in [-0.2, 0) is 10.0 Å². The highest BCUT2D eigenvalue weighted by atomic mass is 35.5. The lowest BCUT2D eigenvalue weighted by atomic mass is 9.94. The predicted octanol–water partition coefficient (Wildman–Crippen LogP) is 1.31. The molecule has 0 saturated carbocycles. The smallest absolute Gasteiger partial charge is 0.276 e. The molecule has 0 bridgehead atoms. The first-order valence-electron chi connectivity index (χ1n) is 4.99. The van der Waals surface area contributed by atoms with Gasteiger partial charge in [0, 0.05) is 13.6 Å². The third-order valence-corrected chi connectivity index (χ3v) is 4.05. The lowest BCUT2D eigenvalue weighted by Gasteiger charge is -2.27. The van der Waals surface area contributed by atoms with E-state index < -0.39 is 10.0 Å². The lowest BCUT2D eigenvalue weighted by molar-refractivity contribution is 0.287. The second kappa shape index (κ2) is 5.86. The Labute approximate surface area is 108 Å².